The first-order valence-corrected chi connectivity index (χ1v) is 6.98. The van der Waals surface area contributed by atoms with Crippen LogP contribution in [0.2, 0.25) is 0 Å². The third kappa shape index (κ3) is 2.66. The van der Waals surface area contributed by atoms with Gasteiger partial charge in [0, 0.05) is 6.54 Å². The highest BCUT2D eigenvalue weighted by Crippen LogP contribution is 2.30. The Morgan fingerprint density at radius 1 is 1.37 bits per heavy atom. The zero-order valence-corrected chi connectivity index (χ0v) is 12.1. The smallest absolute Gasteiger partial charge is 0.323 e. The summed E-state index contributed by atoms with van der Waals surface area (Å²) in [6.45, 7) is 7.68. The third-order valence-corrected chi connectivity index (χ3v) is 4.58. The van der Waals surface area contributed by atoms with Crippen molar-refractivity contribution < 1.29 is 9.90 Å². The SMILES string of the molecule is Cc1cccc(CN2CCCCC2(C)C(=O)O)c1C. The zero-order valence-electron chi connectivity index (χ0n) is 12.1. The molecule has 0 aromatic heterocycles. The van der Waals surface area contributed by atoms with Gasteiger partial charge in [-0.15, -0.1) is 0 Å². The van der Waals surface area contributed by atoms with E-state index in [4.69, 9.17) is 0 Å². The standard InChI is InChI=1S/C16H23NO2/c1-12-7-6-8-14(13(12)2)11-17-10-5-4-9-16(17,3)15(18)19/h6-8H,4-5,9-11H2,1-3H3,(H,18,19). The van der Waals surface area contributed by atoms with Gasteiger partial charge in [-0.1, -0.05) is 18.2 Å². The van der Waals surface area contributed by atoms with E-state index in [0.29, 0.717) is 0 Å². The summed E-state index contributed by atoms with van der Waals surface area (Å²) in [5.74, 6) is -0.697. The molecule has 1 N–H and O–H groups in total. The molecule has 0 amide bonds. The van der Waals surface area contributed by atoms with Crippen molar-refractivity contribution in [2.75, 3.05) is 6.54 Å². The number of likely N-dealkylation sites (tertiary alicyclic amines) is 1. The molecule has 19 heavy (non-hydrogen) atoms. The van der Waals surface area contributed by atoms with Crippen molar-refractivity contribution in [2.45, 2.75) is 52.1 Å². The van der Waals surface area contributed by atoms with E-state index >= 15 is 0 Å². The Bertz CT molecular complexity index is 484. The molecule has 0 bridgehead atoms. The molecule has 1 atom stereocenters. The van der Waals surface area contributed by atoms with Gasteiger partial charge in [-0.2, -0.15) is 0 Å². The van der Waals surface area contributed by atoms with Crippen LogP contribution in [0.4, 0.5) is 0 Å². The van der Waals surface area contributed by atoms with Crippen molar-refractivity contribution in [1.82, 2.24) is 4.90 Å². The lowest BCUT2D eigenvalue weighted by Gasteiger charge is -2.42. The fourth-order valence-corrected chi connectivity index (χ4v) is 2.86. The minimum Gasteiger partial charge on any atom is -0.480 e. The summed E-state index contributed by atoms with van der Waals surface area (Å²) in [5.41, 5.74) is 3.08. The number of aryl methyl sites for hydroxylation is 1. The largest absolute Gasteiger partial charge is 0.480 e. The molecule has 1 saturated heterocycles. The highest BCUT2D eigenvalue weighted by molar-refractivity contribution is 5.78. The highest BCUT2D eigenvalue weighted by Gasteiger charge is 2.41. The maximum Gasteiger partial charge on any atom is 0.323 e. The summed E-state index contributed by atoms with van der Waals surface area (Å²) in [6.07, 6.45) is 2.84. The average Bonchev–Trinajstić information content (AvgIpc) is 2.37. The van der Waals surface area contributed by atoms with Crippen molar-refractivity contribution in [1.29, 1.82) is 0 Å². The third-order valence-electron chi connectivity index (χ3n) is 4.58. The highest BCUT2D eigenvalue weighted by atomic mass is 16.4. The van der Waals surface area contributed by atoms with E-state index in [9.17, 15) is 9.90 Å². The first kappa shape index (κ1) is 14.1. The van der Waals surface area contributed by atoms with E-state index in [1.54, 1.807) is 0 Å². The van der Waals surface area contributed by atoms with Gasteiger partial charge in [0.1, 0.15) is 5.54 Å². The number of carbonyl (C=O) groups is 1. The first-order chi connectivity index (χ1) is 8.95. The number of aliphatic carboxylic acids is 1. The van der Waals surface area contributed by atoms with Crippen LogP contribution in [-0.4, -0.2) is 28.1 Å². The number of hydrogen-bond donors (Lipinski definition) is 1. The molecule has 1 heterocycles. The summed E-state index contributed by atoms with van der Waals surface area (Å²) in [5, 5.41) is 9.53. The number of carboxylic acid groups (broad SMARTS) is 1. The normalized spacial score (nSPS) is 24.4. The Hall–Kier alpha value is -1.35. The van der Waals surface area contributed by atoms with Gasteiger partial charge in [0.2, 0.25) is 0 Å². The molecule has 104 valence electrons. The van der Waals surface area contributed by atoms with Crippen LogP contribution < -0.4 is 0 Å². The van der Waals surface area contributed by atoms with Crippen LogP contribution in [0.25, 0.3) is 0 Å². The molecular formula is C16H23NO2. The second-order valence-electron chi connectivity index (χ2n) is 5.82. The Kier molecular flexibility index (Phi) is 3.95. The Morgan fingerprint density at radius 2 is 2.11 bits per heavy atom. The van der Waals surface area contributed by atoms with E-state index in [1.807, 2.05) is 6.92 Å². The lowest BCUT2D eigenvalue weighted by atomic mass is 9.87. The van der Waals surface area contributed by atoms with Crippen molar-refractivity contribution in [3.63, 3.8) is 0 Å². The van der Waals surface area contributed by atoms with Crippen molar-refractivity contribution >= 4 is 5.97 Å². The van der Waals surface area contributed by atoms with Crippen LogP contribution in [0.1, 0.15) is 42.9 Å². The number of hydrogen-bond acceptors (Lipinski definition) is 2. The van der Waals surface area contributed by atoms with Gasteiger partial charge in [-0.05, 0) is 63.3 Å². The minimum atomic E-state index is -0.714. The van der Waals surface area contributed by atoms with Gasteiger partial charge < -0.3 is 5.11 Å². The fraction of sp³-hybridized carbons (Fsp3) is 0.562. The average molecular weight is 261 g/mol. The topological polar surface area (TPSA) is 40.5 Å². The van der Waals surface area contributed by atoms with Gasteiger partial charge in [0.25, 0.3) is 0 Å². The second-order valence-corrected chi connectivity index (χ2v) is 5.82. The Morgan fingerprint density at radius 3 is 2.79 bits per heavy atom. The van der Waals surface area contributed by atoms with Crippen LogP contribution in [0.15, 0.2) is 18.2 Å². The van der Waals surface area contributed by atoms with E-state index in [0.717, 1.165) is 32.4 Å². The molecule has 0 radical (unpaired) electrons. The Labute approximate surface area is 115 Å². The number of carboxylic acids is 1. The first-order valence-electron chi connectivity index (χ1n) is 6.98. The molecule has 1 unspecified atom stereocenters. The number of benzene rings is 1. The van der Waals surface area contributed by atoms with E-state index in [2.05, 4.69) is 36.9 Å². The van der Waals surface area contributed by atoms with Crippen molar-refractivity contribution in [3.8, 4) is 0 Å². The summed E-state index contributed by atoms with van der Waals surface area (Å²) in [6, 6.07) is 6.27. The lowest BCUT2D eigenvalue weighted by molar-refractivity contribution is -0.153. The fourth-order valence-electron chi connectivity index (χ4n) is 2.86. The van der Waals surface area contributed by atoms with Gasteiger partial charge in [0.15, 0.2) is 0 Å². The van der Waals surface area contributed by atoms with Gasteiger partial charge in [-0.3, -0.25) is 9.69 Å². The van der Waals surface area contributed by atoms with Crippen LogP contribution in [0.3, 0.4) is 0 Å². The molecule has 1 fully saturated rings. The van der Waals surface area contributed by atoms with Crippen LogP contribution >= 0.6 is 0 Å². The number of nitrogens with zero attached hydrogens (tertiary/aromatic N) is 1. The van der Waals surface area contributed by atoms with Gasteiger partial charge in [-0.25, -0.2) is 0 Å². The number of rotatable bonds is 3. The van der Waals surface area contributed by atoms with Gasteiger partial charge >= 0.3 is 5.97 Å². The monoisotopic (exact) mass is 261 g/mol. The van der Waals surface area contributed by atoms with E-state index in [1.165, 1.54) is 16.7 Å². The summed E-state index contributed by atoms with van der Waals surface area (Å²) >= 11 is 0. The summed E-state index contributed by atoms with van der Waals surface area (Å²) < 4.78 is 0. The van der Waals surface area contributed by atoms with Crippen molar-refractivity contribution in [3.05, 3.63) is 34.9 Å². The minimum absolute atomic E-state index is 0.697. The molecule has 2 rings (SSSR count). The molecule has 1 aliphatic heterocycles. The second kappa shape index (κ2) is 5.33. The predicted octanol–water partition coefficient (Wildman–Crippen LogP) is 3.13. The molecule has 0 aliphatic carbocycles. The zero-order chi connectivity index (χ0) is 14.0. The van der Waals surface area contributed by atoms with E-state index < -0.39 is 11.5 Å². The summed E-state index contributed by atoms with van der Waals surface area (Å²) in [7, 11) is 0. The van der Waals surface area contributed by atoms with Crippen LogP contribution in [-0.2, 0) is 11.3 Å². The Balaban J connectivity index is 2.25. The number of piperidine rings is 1. The van der Waals surface area contributed by atoms with E-state index in [-0.39, 0.29) is 0 Å². The molecule has 1 aromatic rings. The lowest BCUT2D eigenvalue weighted by Crippen LogP contribution is -2.54. The predicted molar refractivity (Wildman–Crippen MR) is 76.2 cm³/mol. The molecule has 1 aromatic carbocycles. The molecular weight excluding hydrogens is 238 g/mol. The van der Waals surface area contributed by atoms with Gasteiger partial charge in [0.05, 0.1) is 0 Å². The molecule has 0 saturated carbocycles. The molecule has 3 heteroatoms. The maximum absolute atomic E-state index is 11.6. The van der Waals surface area contributed by atoms with Crippen LogP contribution in [0.5, 0.6) is 0 Å². The van der Waals surface area contributed by atoms with Crippen molar-refractivity contribution in [2.24, 2.45) is 0 Å². The maximum atomic E-state index is 11.6. The quantitative estimate of drug-likeness (QED) is 0.908. The molecule has 3 nitrogen and oxygen atoms in total. The molecule has 0 spiro atoms. The molecule has 1 aliphatic rings. The van der Waals surface area contributed by atoms with Crippen LogP contribution in [0, 0.1) is 13.8 Å². The summed E-state index contributed by atoms with van der Waals surface area (Å²) in [4.78, 5) is 13.7.